The van der Waals surface area contributed by atoms with Crippen LogP contribution >= 0.6 is 0 Å². The van der Waals surface area contributed by atoms with Gasteiger partial charge in [0.2, 0.25) is 5.79 Å². The van der Waals surface area contributed by atoms with Crippen molar-refractivity contribution in [2.24, 2.45) is 29.1 Å². The van der Waals surface area contributed by atoms with E-state index >= 15 is 0 Å². The number of phenolic OH excluding ortho intramolecular Hbond substituents is 2. The molecule has 368 valence electrons. The van der Waals surface area contributed by atoms with E-state index in [9.17, 15) is 50.4 Å². The van der Waals surface area contributed by atoms with Gasteiger partial charge in [-0.2, -0.15) is 8.42 Å². The molecule has 14 atom stereocenters. The number of phenols is 2. The standard InChI is InChI=1S/C32H49NO9.C15H16O4.H2O4S/c1-6-18(3)25(35)41-24-11-12-26(4)19-8-9-20-28(37)13-23(34)31(39)21(29(28,38)16-30(20,26)42-32(19,24)40)15-33-14-17(2)7-10-22(33)27(31,5)36;1-8(2)4-5-10-11(16)7-13-14(15(10)18)12(17)6-9(3)19-13;1-5(2,3)4/h6,17,19-24,34,36-40H,7-16H2,1-5H3;4,6-7,16,18H,5H2,1-3H3;(H2,1,2,3,4). The Morgan fingerprint density at radius 1 is 0.939 bits per heavy atom. The van der Waals surface area contributed by atoms with E-state index in [1.165, 1.54) is 12.1 Å². The number of allylic oxidation sites excluding steroid dienone is 3. The second kappa shape index (κ2) is 16.6. The maximum absolute atomic E-state index is 12.9. The number of fused-ring (bicyclic) bond motifs is 6. The monoisotopic (exact) mass is 949 g/mol. The van der Waals surface area contributed by atoms with Crippen LogP contribution in [0.25, 0.3) is 11.0 Å². The van der Waals surface area contributed by atoms with Gasteiger partial charge in [0.1, 0.15) is 50.6 Å². The summed E-state index contributed by atoms with van der Waals surface area (Å²) >= 11 is 0. The Balaban J connectivity index is 0.000000224. The van der Waals surface area contributed by atoms with Gasteiger partial charge in [0.15, 0.2) is 11.5 Å². The van der Waals surface area contributed by atoms with Crippen molar-refractivity contribution in [2.45, 2.75) is 165 Å². The Bertz CT molecular complexity index is 2490. The molecule has 3 aliphatic heterocycles. The second-order valence-corrected chi connectivity index (χ2v) is 21.8. The molecule has 1 spiro atoms. The molecule has 7 aliphatic rings. The van der Waals surface area contributed by atoms with Gasteiger partial charge in [-0.05, 0) is 92.4 Å². The zero-order valence-corrected chi connectivity index (χ0v) is 39.6. The zero-order valence-electron chi connectivity index (χ0n) is 38.8. The highest BCUT2D eigenvalue weighted by Gasteiger charge is 2.88. The highest BCUT2D eigenvalue weighted by atomic mass is 32.3. The second-order valence-electron chi connectivity index (χ2n) is 20.9. The van der Waals surface area contributed by atoms with E-state index in [4.69, 9.17) is 31.4 Å². The van der Waals surface area contributed by atoms with E-state index in [0.29, 0.717) is 67.9 Å². The van der Waals surface area contributed by atoms with Gasteiger partial charge in [-0.15, -0.1) is 0 Å². The van der Waals surface area contributed by atoms with Crippen molar-refractivity contribution < 1.29 is 77.1 Å². The summed E-state index contributed by atoms with van der Waals surface area (Å²) in [5.74, 6) is -3.89. The SMILES string of the molecule is CC(C)=CCc1c(O)cc2oc(C)cc(=O)c2c1O.CC=C(C)C(=O)OC1CCC2(C)C3CCC4C5(O)CC(O)C6(O)C(CN7CC(C)CCC7C6(C)O)C5(O)CC42OC13O.O=S(=O)(O)O. The summed E-state index contributed by atoms with van der Waals surface area (Å²) in [5.41, 5.74) is -7.67. The van der Waals surface area contributed by atoms with Crippen LogP contribution in [0.1, 0.15) is 111 Å². The zero-order chi connectivity index (χ0) is 49.1. The smallest absolute Gasteiger partial charge is 0.394 e. The van der Waals surface area contributed by atoms with Crippen molar-refractivity contribution >= 4 is 27.3 Å². The minimum absolute atomic E-state index is 0.0606. The highest BCUT2D eigenvalue weighted by Crippen LogP contribution is 2.78. The van der Waals surface area contributed by atoms with Crippen LogP contribution in [0.15, 0.2) is 44.6 Å². The summed E-state index contributed by atoms with van der Waals surface area (Å²) in [5, 5.41) is 94.2. The molecule has 0 radical (unpaired) electrons. The van der Waals surface area contributed by atoms with Gasteiger partial charge in [-0.25, -0.2) is 4.79 Å². The molecule has 1 aromatic carbocycles. The molecule has 0 amide bonds. The molecule has 1 aromatic heterocycles. The van der Waals surface area contributed by atoms with Crippen LogP contribution in [0.2, 0.25) is 0 Å². The summed E-state index contributed by atoms with van der Waals surface area (Å²) in [7, 11) is -4.67. The average molecular weight is 950 g/mol. The summed E-state index contributed by atoms with van der Waals surface area (Å²) in [4.78, 5) is 26.8. The minimum atomic E-state index is -4.67. The van der Waals surface area contributed by atoms with Gasteiger partial charge in [0, 0.05) is 78.4 Å². The number of benzene rings is 1. The van der Waals surface area contributed by atoms with Crippen molar-refractivity contribution in [3.8, 4) is 11.5 Å². The highest BCUT2D eigenvalue weighted by molar-refractivity contribution is 7.79. The fourth-order valence-electron chi connectivity index (χ4n) is 13.7. The molecule has 7 fully saturated rings. The Morgan fingerprint density at radius 2 is 1.58 bits per heavy atom. The summed E-state index contributed by atoms with van der Waals surface area (Å²) in [6.45, 7) is 15.6. The molecule has 2 aromatic rings. The number of aliphatic hydroxyl groups excluding tert-OH is 1. The number of piperidine rings is 2. The van der Waals surface area contributed by atoms with E-state index in [-0.39, 0.29) is 53.3 Å². The van der Waals surface area contributed by atoms with E-state index < -0.39 is 85.5 Å². The Kier molecular flexibility index (Phi) is 12.7. The number of esters is 1. The fraction of sp³-hybridized carbons (Fsp3) is 0.702. The lowest BCUT2D eigenvalue weighted by atomic mass is 9.49. The number of hydrogen-bond donors (Lipinski definition) is 10. The van der Waals surface area contributed by atoms with Crippen LogP contribution in [0.4, 0.5) is 0 Å². The van der Waals surface area contributed by atoms with E-state index in [1.807, 2.05) is 26.8 Å². The Hall–Kier alpha value is -3.47. The quantitative estimate of drug-likeness (QED) is 0.0909. The molecule has 19 heteroatoms. The van der Waals surface area contributed by atoms with Crippen LogP contribution in [0.5, 0.6) is 11.5 Å². The molecule has 3 saturated heterocycles. The third kappa shape index (κ3) is 7.46. The van der Waals surface area contributed by atoms with Gasteiger partial charge in [-0.1, -0.05) is 31.6 Å². The average Bonchev–Trinajstić information content (AvgIpc) is 3.36. The first kappa shape index (κ1) is 50.4. The molecular formula is C47H67NO17S. The van der Waals surface area contributed by atoms with Crippen LogP contribution in [0.3, 0.4) is 0 Å². The van der Waals surface area contributed by atoms with Gasteiger partial charge < -0.3 is 54.7 Å². The summed E-state index contributed by atoms with van der Waals surface area (Å²) in [6.07, 6.45) is 4.53. The third-order valence-corrected chi connectivity index (χ3v) is 17.0. The molecule has 14 unspecified atom stereocenters. The lowest BCUT2D eigenvalue weighted by Gasteiger charge is -2.68. The molecule has 10 N–H and O–H groups in total. The number of aromatic hydroxyl groups is 2. The van der Waals surface area contributed by atoms with Crippen LogP contribution in [0, 0.1) is 36.0 Å². The summed E-state index contributed by atoms with van der Waals surface area (Å²) < 4.78 is 49.5. The van der Waals surface area contributed by atoms with Gasteiger partial charge in [-0.3, -0.25) is 18.8 Å². The lowest BCUT2D eigenvalue weighted by Crippen LogP contribution is -2.85. The maximum Gasteiger partial charge on any atom is 0.394 e. The minimum Gasteiger partial charge on any atom is -0.507 e. The predicted octanol–water partition coefficient (Wildman–Crippen LogP) is 3.36. The molecular weight excluding hydrogens is 883 g/mol. The number of carbonyl (C=O) groups is 1. The van der Waals surface area contributed by atoms with Crippen LogP contribution in [-0.4, -0.2) is 134 Å². The van der Waals surface area contributed by atoms with E-state index in [1.54, 1.807) is 33.8 Å². The first-order valence-corrected chi connectivity index (χ1v) is 24.2. The number of nitrogens with zero attached hydrogens (tertiary/aromatic N) is 1. The van der Waals surface area contributed by atoms with Crippen molar-refractivity contribution in [3.63, 3.8) is 0 Å². The molecule has 4 bridgehead atoms. The molecule has 18 nitrogen and oxygen atoms in total. The topological polar surface area (TPSA) is 305 Å². The number of aliphatic hydroxyl groups is 6. The first-order chi connectivity index (χ1) is 30.4. The third-order valence-electron chi connectivity index (χ3n) is 17.0. The number of ether oxygens (including phenoxy) is 2. The van der Waals surface area contributed by atoms with Crippen molar-refractivity contribution in [1.82, 2.24) is 4.90 Å². The number of carbonyl (C=O) groups excluding carboxylic acids is 1. The van der Waals surface area contributed by atoms with Gasteiger partial charge in [0.05, 0.1) is 11.7 Å². The van der Waals surface area contributed by atoms with Crippen LogP contribution in [-0.2, 0) is 31.1 Å². The predicted molar refractivity (Wildman–Crippen MR) is 237 cm³/mol. The van der Waals surface area contributed by atoms with E-state index in [0.717, 1.165) is 12.0 Å². The van der Waals surface area contributed by atoms with Crippen molar-refractivity contribution in [1.29, 1.82) is 0 Å². The molecule has 9 rings (SSSR count). The fourth-order valence-corrected chi connectivity index (χ4v) is 13.7. The summed E-state index contributed by atoms with van der Waals surface area (Å²) in [6, 6.07) is 2.31. The van der Waals surface area contributed by atoms with Gasteiger partial charge in [0.25, 0.3) is 0 Å². The molecule has 4 aliphatic carbocycles. The van der Waals surface area contributed by atoms with Crippen LogP contribution < -0.4 is 5.43 Å². The number of rotatable bonds is 4. The van der Waals surface area contributed by atoms with Crippen molar-refractivity contribution in [3.05, 3.63) is 57.0 Å². The Morgan fingerprint density at radius 3 is 2.20 bits per heavy atom. The van der Waals surface area contributed by atoms with Crippen molar-refractivity contribution in [2.75, 3.05) is 13.1 Å². The maximum atomic E-state index is 12.9. The number of hydrogen-bond acceptors (Lipinski definition) is 16. The molecule has 4 saturated carbocycles. The number of aryl methyl sites for hydroxylation is 1. The largest absolute Gasteiger partial charge is 0.507 e. The lowest BCUT2D eigenvalue weighted by molar-refractivity contribution is -0.354. The Labute approximate surface area is 384 Å². The molecule has 66 heavy (non-hydrogen) atoms. The van der Waals surface area contributed by atoms with Gasteiger partial charge >= 0.3 is 16.4 Å². The normalized spacial score (nSPS) is 42.3. The first-order valence-electron chi connectivity index (χ1n) is 22.8. The molecule has 4 heterocycles. The van der Waals surface area contributed by atoms with E-state index in [2.05, 4.69) is 11.8 Å².